The summed E-state index contributed by atoms with van der Waals surface area (Å²) >= 11 is 0. The fraction of sp³-hybridized carbons (Fsp3) is 0.231. The molecule has 2 aromatic carbocycles. The van der Waals surface area contributed by atoms with E-state index < -0.39 is 15.9 Å². The van der Waals surface area contributed by atoms with Gasteiger partial charge in [-0.2, -0.15) is 8.42 Å². The second-order valence-electron chi connectivity index (χ2n) is 4.63. The first-order valence-corrected chi connectivity index (χ1v) is 7.27. The quantitative estimate of drug-likeness (QED) is 0.578. The number of anilines is 1. The van der Waals surface area contributed by atoms with Gasteiger partial charge in [0.1, 0.15) is 11.5 Å². The maximum absolute atomic E-state index is 11.0. The number of nitrogen functional groups attached to an aromatic ring is 1. The Bertz CT molecular complexity index is 766. The highest BCUT2D eigenvalue weighted by Gasteiger charge is 2.16. The van der Waals surface area contributed by atoms with Crippen LogP contribution in [0, 0.1) is 13.8 Å². The molecule has 5 nitrogen and oxygen atoms in total. The van der Waals surface area contributed by atoms with Crippen LogP contribution in [0.5, 0.6) is 5.75 Å². The molecule has 4 N–H and O–H groups in total. The van der Waals surface area contributed by atoms with E-state index >= 15 is 0 Å². The van der Waals surface area contributed by atoms with Crippen LogP contribution < -0.4 is 5.73 Å². The Hall–Kier alpha value is -1.79. The van der Waals surface area contributed by atoms with Gasteiger partial charge in [0, 0.05) is 11.1 Å². The molecule has 0 spiro atoms. The Kier molecular flexibility index (Phi) is 3.15. The van der Waals surface area contributed by atoms with Gasteiger partial charge in [-0.15, -0.1) is 0 Å². The molecular weight excluding hydrogens is 266 g/mol. The highest BCUT2D eigenvalue weighted by Crippen LogP contribution is 2.37. The minimum atomic E-state index is -4.15. The highest BCUT2D eigenvalue weighted by molar-refractivity contribution is 7.85. The molecule has 0 saturated carbocycles. The molecule has 0 atom stereocenters. The summed E-state index contributed by atoms with van der Waals surface area (Å²) in [6.45, 7) is 3.42. The molecule has 0 bridgehead atoms. The number of hydrogen-bond donors (Lipinski definition) is 3. The van der Waals surface area contributed by atoms with Crippen molar-refractivity contribution in [1.29, 1.82) is 0 Å². The summed E-state index contributed by atoms with van der Waals surface area (Å²) in [4.78, 5) is 0. The Balaban J connectivity index is 2.79. The molecule has 0 aromatic heterocycles. The Morgan fingerprint density at radius 1 is 1.26 bits per heavy atom. The lowest BCUT2D eigenvalue weighted by Crippen LogP contribution is -2.04. The van der Waals surface area contributed by atoms with Crippen molar-refractivity contribution < 1.29 is 18.1 Å². The molecule has 2 rings (SSSR count). The molecule has 0 unspecified atom stereocenters. The predicted octanol–water partition coefficient (Wildman–Crippen LogP) is 2.13. The summed E-state index contributed by atoms with van der Waals surface area (Å²) in [6.07, 6.45) is 0. The van der Waals surface area contributed by atoms with Crippen molar-refractivity contribution in [3.05, 3.63) is 34.9 Å². The van der Waals surface area contributed by atoms with Crippen molar-refractivity contribution in [3.63, 3.8) is 0 Å². The van der Waals surface area contributed by atoms with Gasteiger partial charge in [-0.25, -0.2) is 0 Å². The van der Waals surface area contributed by atoms with Crippen LogP contribution in [-0.4, -0.2) is 18.1 Å². The van der Waals surface area contributed by atoms with E-state index in [9.17, 15) is 13.5 Å². The molecule has 0 saturated heterocycles. The van der Waals surface area contributed by atoms with Gasteiger partial charge in [0.05, 0.1) is 0 Å². The lowest BCUT2D eigenvalue weighted by atomic mass is 9.98. The number of benzene rings is 2. The molecule has 102 valence electrons. The summed E-state index contributed by atoms with van der Waals surface area (Å²) in [5.41, 5.74) is 8.01. The third kappa shape index (κ3) is 2.50. The van der Waals surface area contributed by atoms with E-state index in [4.69, 9.17) is 10.3 Å². The molecule has 0 heterocycles. The summed E-state index contributed by atoms with van der Waals surface area (Å²) in [7, 11) is -4.15. The highest BCUT2D eigenvalue weighted by atomic mass is 32.2. The third-order valence-corrected chi connectivity index (χ3v) is 3.91. The van der Waals surface area contributed by atoms with Crippen LogP contribution >= 0.6 is 0 Å². The van der Waals surface area contributed by atoms with E-state index in [-0.39, 0.29) is 5.75 Å². The van der Waals surface area contributed by atoms with Crippen LogP contribution in [0.3, 0.4) is 0 Å². The largest absolute Gasteiger partial charge is 0.507 e. The van der Waals surface area contributed by atoms with Crippen LogP contribution in [0.25, 0.3) is 10.8 Å². The number of rotatable bonds is 2. The van der Waals surface area contributed by atoms with Gasteiger partial charge in [-0.1, -0.05) is 12.1 Å². The molecular formula is C13H15NO4S. The maximum atomic E-state index is 11.0. The first-order chi connectivity index (χ1) is 8.70. The predicted molar refractivity (Wildman–Crippen MR) is 74.8 cm³/mol. The van der Waals surface area contributed by atoms with Gasteiger partial charge in [-0.05, 0) is 42.0 Å². The van der Waals surface area contributed by atoms with Crippen LogP contribution in [0.15, 0.2) is 18.2 Å². The molecule has 2 aromatic rings. The van der Waals surface area contributed by atoms with Crippen molar-refractivity contribution in [2.75, 3.05) is 5.73 Å². The lowest BCUT2D eigenvalue weighted by molar-refractivity contribution is 0.475. The minimum Gasteiger partial charge on any atom is -0.507 e. The van der Waals surface area contributed by atoms with Crippen LogP contribution in [0.1, 0.15) is 16.7 Å². The molecule has 0 fully saturated rings. The summed E-state index contributed by atoms with van der Waals surface area (Å²) in [5, 5.41) is 11.3. The summed E-state index contributed by atoms with van der Waals surface area (Å²) < 4.78 is 30.9. The summed E-state index contributed by atoms with van der Waals surface area (Å²) in [5.74, 6) is -0.576. The van der Waals surface area contributed by atoms with Gasteiger partial charge >= 0.3 is 0 Å². The van der Waals surface area contributed by atoms with E-state index in [0.717, 1.165) is 5.56 Å². The molecule has 19 heavy (non-hydrogen) atoms. The Morgan fingerprint density at radius 3 is 2.47 bits per heavy atom. The van der Waals surface area contributed by atoms with Gasteiger partial charge in [0.2, 0.25) is 0 Å². The SMILES string of the molecule is Cc1ccc2cc(CS(=O)(=O)O)c(C)c(O)c2c1N. The van der Waals surface area contributed by atoms with E-state index in [2.05, 4.69) is 0 Å². The maximum Gasteiger partial charge on any atom is 0.269 e. The molecule has 0 aliphatic rings. The topological polar surface area (TPSA) is 101 Å². The molecule has 0 aliphatic heterocycles. The van der Waals surface area contributed by atoms with Crippen LogP contribution in [0.2, 0.25) is 0 Å². The van der Waals surface area contributed by atoms with Crippen molar-refractivity contribution in [3.8, 4) is 5.75 Å². The minimum absolute atomic E-state index is 0.0441. The number of aryl methyl sites for hydroxylation is 1. The second kappa shape index (κ2) is 4.40. The molecule has 0 amide bonds. The van der Waals surface area contributed by atoms with Crippen molar-refractivity contribution in [2.45, 2.75) is 19.6 Å². The standard InChI is InChI=1S/C13H15NO4S/c1-7-3-4-9-5-10(6-19(16,17)18)8(2)13(15)11(9)12(7)14/h3-5,15H,6,14H2,1-2H3,(H,16,17,18). The van der Waals surface area contributed by atoms with E-state index in [1.54, 1.807) is 25.1 Å². The zero-order valence-electron chi connectivity index (χ0n) is 10.6. The van der Waals surface area contributed by atoms with Crippen molar-refractivity contribution in [2.24, 2.45) is 0 Å². The van der Waals surface area contributed by atoms with Gasteiger partial charge in [-0.3, -0.25) is 4.55 Å². The fourth-order valence-electron chi connectivity index (χ4n) is 2.11. The molecule has 0 aliphatic carbocycles. The number of fused-ring (bicyclic) bond motifs is 1. The van der Waals surface area contributed by atoms with E-state index in [1.165, 1.54) is 0 Å². The van der Waals surface area contributed by atoms with E-state index in [0.29, 0.717) is 27.6 Å². The number of aromatic hydroxyl groups is 1. The number of phenolic OH excluding ortho intramolecular Hbond substituents is 1. The Labute approximate surface area is 111 Å². The van der Waals surface area contributed by atoms with Crippen LogP contribution in [0.4, 0.5) is 5.69 Å². The average Bonchev–Trinajstić information content (AvgIpc) is 2.28. The van der Waals surface area contributed by atoms with Crippen molar-refractivity contribution >= 4 is 26.6 Å². The second-order valence-corrected chi connectivity index (χ2v) is 6.08. The van der Waals surface area contributed by atoms with Crippen molar-refractivity contribution in [1.82, 2.24) is 0 Å². The third-order valence-electron chi connectivity index (χ3n) is 3.24. The number of nitrogens with two attached hydrogens (primary N) is 1. The van der Waals surface area contributed by atoms with Crippen LogP contribution in [-0.2, 0) is 15.9 Å². The monoisotopic (exact) mass is 281 g/mol. The van der Waals surface area contributed by atoms with E-state index in [1.807, 2.05) is 6.92 Å². The average molecular weight is 281 g/mol. The number of hydrogen-bond acceptors (Lipinski definition) is 4. The Morgan fingerprint density at radius 2 is 1.89 bits per heavy atom. The zero-order chi connectivity index (χ0) is 14.4. The normalized spacial score (nSPS) is 11.9. The first-order valence-electron chi connectivity index (χ1n) is 5.66. The first kappa shape index (κ1) is 13.6. The number of phenols is 1. The van der Waals surface area contributed by atoms with Gasteiger partial charge < -0.3 is 10.8 Å². The lowest BCUT2D eigenvalue weighted by Gasteiger charge is -2.13. The molecule has 6 heteroatoms. The zero-order valence-corrected chi connectivity index (χ0v) is 11.5. The smallest absolute Gasteiger partial charge is 0.269 e. The van der Waals surface area contributed by atoms with Gasteiger partial charge in [0.15, 0.2) is 0 Å². The summed E-state index contributed by atoms with van der Waals surface area (Å²) in [6, 6.07) is 5.17. The molecule has 0 radical (unpaired) electrons. The fourth-order valence-corrected chi connectivity index (χ4v) is 2.80. The van der Waals surface area contributed by atoms with Gasteiger partial charge in [0.25, 0.3) is 10.1 Å².